The lowest BCUT2D eigenvalue weighted by molar-refractivity contribution is -0.108. The Morgan fingerprint density at radius 1 is 0.957 bits per heavy atom. The molecule has 3 aromatic carbocycles. The van der Waals surface area contributed by atoms with Gasteiger partial charge in [0.2, 0.25) is 0 Å². The standard InChI is InChI=1S/C32H33F2N3O5.2C2H6/c1-3-41-25-9-11-27(33)30(19-25)36-15-12-24(13-16-36)42-23-7-5-22(6-8-23)37-29(14-17-38)20(2)31(35-37)26-10-4-21(32(39)40)18-28(26)34;2*1-2/h4-11,17-20,24,29H,3,12-16H2,1-2H3,(H,39,40);2*1-2H3/t20?,29-;;/m0../s1. The Kier molecular flexibility index (Phi) is 13.5. The topological polar surface area (TPSA) is 91.7 Å². The molecule has 8 nitrogen and oxygen atoms in total. The van der Waals surface area contributed by atoms with Gasteiger partial charge < -0.3 is 24.3 Å². The average molecular weight is 638 g/mol. The molecule has 3 aromatic rings. The van der Waals surface area contributed by atoms with E-state index in [1.54, 1.807) is 17.1 Å². The second-order valence-electron chi connectivity index (χ2n) is 10.4. The second kappa shape index (κ2) is 17.3. The van der Waals surface area contributed by atoms with E-state index in [2.05, 4.69) is 5.10 Å². The number of hydrazone groups is 1. The van der Waals surface area contributed by atoms with Crippen molar-refractivity contribution in [3.8, 4) is 11.5 Å². The third kappa shape index (κ3) is 8.41. The van der Waals surface area contributed by atoms with Gasteiger partial charge in [-0.3, -0.25) is 5.01 Å². The summed E-state index contributed by atoms with van der Waals surface area (Å²) in [5.74, 6) is -1.11. The lowest BCUT2D eigenvalue weighted by Crippen LogP contribution is -2.38. The van der Waals surface area contributed by atoms with Crippen molar-refractivity contribution in [2.24, 2.45) is 11.0 Å². The van der Waals surface area contributed by atoms with Gasteiger partial charge in [-0.05, 0) is 61.5 Å². The number of carboxylic acids is 1. The zero-order chi connectivity index (χ0) is 33.8. The highest BCUT2D eigenvalue weighted by atomic mass is 19.1. The number of carbonyl (C=O) groups excluding carboxylic acids is 1. The molecule has 5 rings (SSSR count). The monoisotopic (exact) mass is 637 g/mol. The normalized spacial score (nSPS) is 17.6. The molecule has 1 saturated heterocycles. The second-order valence-corrected chi connectivity index (χ2v) is 10.4. The van der Waals surface area contributed by atoms with Crippen molar-refractivity contribution in [2.45, 2.75) is 73.0 Å². The van der Waals surface area contributed by atoms with E-state index < -0.39 is 11.8 Å². The number of anilines is 2. The van der Waals surface area contributed by atoms with Gasteiger partial charge in [-0.1, -0.05) is 34.6 Å². The first-order chi connectivity index (χ1) is 22.3. The van der Waals surface area contributed by atoms with Crippen LogP contribution in [0.1, 0.15) is 76.7 Å². The number of carbonyl (C=O) groups is 2. The van der Waals surface area contributed by atoms with Gasteiger partial charge in [0.25, 0.3) is 0 Å². The average Bonchev–Trinajstić information content (AvgIpc) is 3.40. The largest absolute Gasteiger partial charge is 0.494 e. The van der Waals surface area contributed by atoms with Crippen molar-refractivity contribution in [1.82, 2.24) is 0 Å². The Labute approximate surface area is 270 Å². The first kappa shape index (κ1) is 36.0. The maximum absolute atomic E-state index is 14.9. The van der Waals surface area contributed by atoms with Crippen LogP contribution in [-0.2, 0) is 4.79 Å². The number of nitrogens with zero attached hydrogens (tertiary/aromatic N) is 3. The molecular weight excluding hydrogens is 592 g/mol. The quantitative estimate of drug-likeness (QED) is 0.225. The Morgan fingerprint density at radius 2 is 1.61 bits per heavy atom. The van der Waals surface area contributed by atoms with Gasteiger partial charge in [0.15, 0.2) is 0 Å². The summed E-state index contributed by atoms with van der Waals surface area (Å²) in [5, 5.41) is 15.6. The molecule has 0 aliphatic carbocycles. The molecular formula is C36H45F2N3O5. The molecule has 1 N–H and O–H groups in total. The summed E-state index contributed by atoms with van der Waals surface area (Å²) >= 11 is 0. The number of hydrogen-bond donors (Lipinski definition) is 1. The van der Waals surface area contributed by atoms with Crippen LogP contribution in [0.3, 0.4) is 0 Å². The van der Waals surface area contributed by atoms with Gasteiger partial charge in [0, 0.05) is 49.9 Å². The first-order valence-corrected chi connectivity index (χ1v) is 16.1. The van der Waals surface area contributed by atoms with Crippen molar-refractivity contribution >= 4 is 29.3 Å². The number of halogens is 2. The van der Waals surface area contributed by atoms with E-state index in [0.29, 0.717) is 42.6 Å². The molecule has 46 heavy (non-hydrogen) atoms. The van der Waals surface area contributed by atoms with E-state index in [9.17, 15) is 18.4 Å². The number of rotatable bonds is 10. The summed E-state index contributed by atoms with van der Waals surface area (Å²) in [6.45, 7) is 13.6. The molecule has 2 aliphatic rings. The number of hydrogen-bond acceptors (Lipinski definition) is 7. The molecule has 0 aromatic heterocycles. The van der Waals surface area contributed by atoms with E-state index in [-0.39, 0.29) is 41.4 Å². The fourth-order valence-corrected chi connectivity index (χ4v) is 5.56. The van der Waals surface area contributed by atoms with Crippen LogP contribution < -0.4 is 19.4 Å². The van der Waals surface area contributed by atoms with Crippen LogP contribution in [0.5, 0.6) is 11.5 Å². The van der Waals surface area contributed by atoms with E-state index in [1.807, 2.05) is 70.7 Å². The van der Waals surface area contributed by atoms with E-state index in [1.165, 1.54) is 18.2 Å². The fraction of sp³-hybridized carbons (Fsp3) is 0.417. The Balaban J connectivity index is 0.00000139. The van der Waals surface area contributed by atoms with Gasteiger partial charge in [-0.15, -0.1) is 0 Å². The third-order valence-corrected chi connectivity index (χ3v) is 7.78. The highest BCUT2D eigenvalue weighted by Crippen LogP contribution is 2.35. The van der Waals surface area contributed by atoms with Crippen LogP contribution in [0.4, 0.5) is 20.2 Å². The molecule has 1 fully saturated rings. The number of piperidine rings is 1. The van der Waals surface area contributed by atoms with Crippen LogP contribution in [0, 0.1) is 17.6 Å². The smallest absolute Gasteiger partial charge is 0.335 e. The van der Waals surface area contributed by atoms with Crippen molar-refractivity contribution in [2.75, 3.05) is 29.6 Å². The van der Waals surface area contributed by atoms with Gasteiger partial charge >= 0.3 is 5.97 Å². The van der Waals surface area contributed by atoms with Crippen LogP contribution in [-0.4, -0.2) is 54.9 Å². The summed E-state index contributed by atoms with van der Waals surface area (Å²) < 4.78 is 41.1. The predicted octanol–water partition coefficient (Wildman–Crippen LogP) is 7.98. The molecule has 248 valence electrons. The Hall–Kier alpha value is -4.47. The number of carboxylic acid groups (broad SMARTS) is 1. The fourth-order valence-electron chi connectivity index (χ4n) is 5.56. The maximum Gasteiger partial charge on any atom is 0.335 e. The van der Waals surface area contributed by atoms with Crippen molar-refractivity contribution in [3.63, 3.8) is 0 Å². The van der Waals surface area contributed by atoms with Crippen LogP contribution >= 0.6 is 0 Å². The van der Waals surface area contributed by atoms with Crippen molar-refractivity contribution < 1.29 is 33.0 Å². The maximum atomic E-state index is 14.9. The number of aldehydes is 1. The van der Waals surface area contributed by atoms with Crippen LogP contribution in [0.25, 0.3) is 0 Å². The lowest BCUT2D eigenvalue weighted by atomic mass is 9.90. The Bertz CT molecular complexity index is 1470. The zero-order valence-corrected chi connectivity index (χ0v) is 27.5. The number of ether oxygens (including phenoxy) is 2. The van der Waals surface area contributed by atoms with Gasteiger partial charge in [0.05, 0.1) is 35.3 Å². The molecule has 10 heteroatoms. The number of aromatic carboxylic acids is 1. The summed E-state index contributed by atoms with van der Waals surface area (Å²) in [6, 6.07) is 15.6. The zero-order valence-electron chi connectivity index (χ0n) is 27.5. The van der Waals surface area contributed by atoms with Crippen LogP contribution in [0.15, 0.2) is 65.8 Å². The molecule has 1 unspecified atom stereocenters. The SMILES string of the molecule is CC.CC.CCOc1ccc(F)c(N2CCC(Oc3ccc(N4N=C(c5ccc(C(=O)O)cc5F)C(C)[C@@H]4CC=O)cc3)CC2)c1. The minimum atomic E-state index is -1.21. The van der Waals surface area contributed by atoms with E-state index >= 15 is 0 Å². The van der Waals surface area contributed by atoms with Crippen LogP contribution in [0.2, 0.25) is 0 Å². The minimum absolute atomic E-state index is 0.0266. The van der Waals surface area contributed by atoms with E-state index in [0.717, 1.165) is 30.9 Å². The van der Waals surface area contributed by atoms with E-state index in [4.69, 9.17) is 14.6 Å². The summed E-state index contributed by atoms with van der Waals surface area (Å²) in [4.78, 5) is 24.7. The summed E-state index contributed by atoms with van der Waals surface area (Å²) in [7, 11) is 0. The third-order valence-electron chi connectivity index (χ3n) is 7.78. The molecule has 0 bridgehead atoms. The number of benzene rings is 3. The molecule has 0 spiro atoms. The van der Waals surface area contributed by atoms with Crippen molar-refractivity contribution in [3.05, 3.63) is 83.4 Å². The summed E-state index contributed by atoms with van der Waals surface area (Å²) in [6.07, 6.45) is 2.43. The molecule has 0 amide bonds. The molecule has 2 atom stereocenters. The van der Waals surface area contributed by atoms with Gasteiger partial charge in [-0.2, -0.15) is 5.10 Å². The minimum Gasteiger partial charge on any atom is -0.494 e. The lowest BCUT2D eigenvalue weighted by Gasteiger charge is -2.34. The molecule has 2 heterocycles. The Morgan fingerprint density at radius 3 is 2.20 bits per heavy atom. The van der Waals surface area contributed by atoms with Crippen molar-refractivity contribution in [1.29, 1.82) is 0 Å². The molecule has 0 saturated carbocycles. The highest BCUT2D eigenvalue weighted by molar-refractivity contribution is 6.05. The molecule has 0 radical (unpaired) electrons. The van der Waals surface area contributed by atoms with Gasteiger partial charge in [0.1, 0.15) is 35.5 Å². The molecule has 2 aliphatic heterocycles. The highest BCUT2D eigenvalue weighted by Gasteiger charge is 2.36. The predicted molar refractivity (Wildman–Crippen MR) is 179 cm³/mol. The first-order valence-electron chi connectivity index (χ1n) is 16.1. The van der Waals surface area contributed by atoms with Gasteiger partial charge in [-0.25, -0.2) is 13.6 Å². The summed E-state index contributed by atoms with van der Waals surface area (Å²) in [5.41, 5.74) is 1.77.